The molecule has 0 radical (unpaired) electrons. The van der Waals surface area contributed by atoms with Crippen LogP contribution in [0.2, 0.25) is 0 Å². The number of rotatable bonds is 7. The Labute approximate surface area is 188 Å². The van der Waals surface area contributed by atoms with Gasteiger partial charge in [0.2, 0.25) is 0 Å². The molecule has 0 aliphatic carbocycles. The van der Waals surface area contributed by atoms with Crippen LogP contribution in [0, 0.1) is 10.1 Å². The van der Waals surface area contributed by atoms with Gasteiger partial charge in [-0.2, -0.15) is 5.10 Å². The predicted octanol–water partition coefficient (Wildman–Crippen LogP) is 4.80. The number of nitro benzene ring substituents is 1. The quantitative estimate of drug-likeness (QED) is 0.243. The van der Waals surface area contributed by atoms with Crippen molar-refractivity contribution in [3.63, 3.8) is 0 Å². The number of non-ortho nitro benzene ring substituents is 1. The molecule has 0 aromatic heterocycles. The van der Waals surface area contributed by atoms with E-state index < -0.39 is 10.8 Å². The smallest absolute Gasteiger partial charge is 0.275 e. The molecule has 0 heterocycles. The molecule has 164 valence electrons. The van der Waals surface area contributed by atoms with Crippen LogP contribution in [-0.4, -0.2) is 22.2 Å². The Morgan fingerprint density at radius 1 is 1.03 bits per heavy atom. The van der Waals surface area contributed by atoms with Crippen LogP contribution in [0.25, 0.3) is 10.8 Å². The van der Waals surface area contributed by atoms with Crippen molar-refractivity contribution in [3.05, 3.63) is 112 Å². The van der Waals surface area contributed by atoms with Crippen molar-refractivity contribution in [1.29, 1.82) is 0 Å². The van der Waals surface area contributed by atoms with Crippen molar-refractivity contribution < 1.29 is 19.6 Å². The second kappa shape index (κ2) is 9.61. The first kappa shape index (κ1) is 21.5. The summed E-state index contributed by atoms with van der Waals surface area (Å²) in [5.41, 5.74) is 3.45. The van der Waals surface area contributed by atoms with Gasteiger partial charge in [-0.1, -0.05) is 54.6 Å². The van der Waals surface area contributed by atoms with Crippen LogP contribution in [0.3, 0.4) is 0 Å². The summed E-state index contributed by atoms with van der Waals surface area (Å²) in [7, 11) is 0. The van der Waals surface area contributed by atoms with Gasteiger partial charge in [-0.3, -0.25) is 14.9 Å². The van der Waals surface area contributed by atoms with Gasteiger partial charge in [-0.15, -0.1) is 0 Å². The number of amides is 1. The molecule has 0 bridgehead atoms. The van der Waals surface area contributed by atoms with E-state index in [-0.39, 0.29) is 17.0 Å². The van der Waals surface area contributed by atoms with Crippen LogP contribution in [0.4, 0.5) is 5.69 Å². The van der Waals surface area contributed by atoms with E-state index in [1.807, 2.05) is 30.3 Å². The third kappa shape index (κ3) is 5.13. The number of hydrogen-bond donors (Lipinski definition) is 2. The van der Waals surface area contributed by atoms with Gasteiger partial charge in [0.05, 0.1) is 16.7 Å². The predicted molar refractivity (Wildman–Crippen MR) is 125 cm³/mol. The number of nitrogens with zero attached hydrogens (tertiary/aromatic N) is 2. The summed E-state index contributed by atoms with van der Waals surface area (Å²) < 4.78 is 5.94. The second-order valence-corrected chi connectivity index (χ2v) is 7.16. The molecule has 0 fully saturated rings. The Kier molecular flexibility index (Phi) is 6.26. The maximum absolute atomic E-state index is 12.2. The van der Waals surface area contributed by atoms with Gasteiger partial charge in [0.1, 0.15) is 18.1 Å². The molecule has 0 spiro atoms. The molecule has 8 heteroatoms. The molecule has 8 nitrogen and oxygen atoms in total. The van der Waals surface area contributed by atoms with Crippen LogP contribution in [-0.2, 0) is 6.61 Å². The van der Waals surface area contributed by atoms with Crippen LogP contribution in [0.1, 0.15) is 21.5 Å². The van der Waals surface area contributed by atoms with Gasteiger partial charge in [0.15, 0.2) is 0 Å². The summed E-state index contributed by atoms with van der Waals surface area (Å²) in [6.45, 7) is 0.394. The number of phenols is 1. The summed E-state index contributed by atoms with van der Waals surface area (Å²) in [6.07, 6.45) is 1.41. The van der Waals surface area contributed by atoms with Crippen molar-refractivity contribution in [2.45, 2.75) is 6.61 Å². The van der Waals surface area contributed by atoms with E-state index in [1.165, 1.54) is 6.21 Å². The van der Waals surface area contributed by atoms with Crippen molar-refractivity contribution in [1.82, 2.24) is 5.43 Å². The molecular formula is C25H19N3O5. The highest BCUT2D eigenvalue weighted by Crippen LogP contribution is 2.23. The van der Waals surface area contributed by atoms with Crippen LogP contribution in [0.5, 0.6) is 11.5 Å². The van der Waals surface area contributed by atoms with Crippen molar-refractivity contribution in [2.75, 3.05) is 0 Å². The Morgan fingerprint density at radius 2 is 1.82 bits per heavy atom. The monoisotopic (exact) mass is 441 g/mol. The van der Waals surface area contributed by atoms with Crippen LogP contribution in [0.15, 0.2) is 90.0 Å². The minimum absolute atomic E-state index is 0.242. The van der Waals surface area contributed by atoms with Crippen LogP contribution < -0.4 is 10.2 Å². The number of carbonyl (C=O) groups is 1. The first-order chi connectivity index (χ1) is 16.0. The van der Waals surface area contributed by atoms with E-state index in [0.29, 0.717) is 17.9 Å². The Bertz CT molecular complexity index is 1360. The zero-order valence-electron chi connectivity index (χ0n) is 17.3. The van der Waals surface area contributed by atoms with E-state index in [0.717, 1.165) is 34.5 Å². The molecule has 33 heavy (non-hydrogen) atoms. The number of hydrogen-bond acceptors (Lipinski definition) is 6. The number of carbonyl (C=O) groups excluding carboxylic acids is 1. The number of phenolic OH excluding ortho intramolecular Hbond substituents is 1. The fourth-order valence-electron chi connectivity index (χ4n) is 3.31. The number of hydrazone groups is 1. The largest absolute Gasteiger partial charge is 0.507 e. The van der Waals surface area contributed by atoms with Gasteiger partial charge in [-0.25, -0.2) is 5.43 Å². The SMILES string of the molecule is O=C(NN=Cc1cccc(OCc2cccc3ccccc23)c1)c1cc([N+](=O)[O-])ccc1O. The molecule has 0 saturated carbocycles. The first-order valence-corrected chi connectivity index (χ1v) is 10.0. The molecule has 4 aromatic carbocycles. The van der Waals surface area contributed by atoms with Crippen LogP contribution >= 0.6 is 0 Å². The van der Waals surface area contributed by atoms with E-state index in [4.69, 9.17) is 4.74 Å². The molecule has 1 amide bonds. The molecule has 0 atom stereocenters. The Hall–Kier alpha value is -4.72. The lowest BCUT2D eigenvalue weighted by atomic mass is 10.1. The second-order valence-electron chi connectivity index (χ2n) is 7.16. The van der Waals surface area contributed by atoms with Gasteiger partial charge >= 0.3 is 0 Å². The van der Waals surface area contributed by atoms with E-state index in [9.17, 15) is 20.0 Å². The van der Waals surface area contributed by atoms with Gasteiger partial charge < -0.3 is 9.84 Å². The average molecular weight is 441 g/mol. The number of ether oxygens (including phenoxy) is 1. The standard InChI is InChI=1S/C25H19N3O5/c29-24-12-11-20(28(31)32)14-23(24)25(30)27-26-15-17-5-3-9-21(13-17)33-16-19-8-4-7-18-6-1-2-10-22(18)19/h1-15,29H,16H2,(H,27,30). The van der Waals surface area contributed by atoms with Crippen molar-refractivity contribution >= 4 is 28.6 Å². The van der Waals surface area contributed by atoms with Crippen molar-refractivity contribution in [2.24, 2.45) is 5.10 Å². The molecule has 4 rings (SSSR count). The van der Waals surface area contributed by atoms with E-state index in [1.54, 1.807) is 18.2 Å². The summed E-state index contributed by atoms with van der Waals surface area (Å²) in [4.78, 5) is 22.5. The van der Waals surface area contributed by atoms with Gasteiger partial charge in [0, 0.05) is 12.1 Å². The Balaban J connectivity index is 1.41. The zero-order chi connectivity index (χ0) is 23.2. The highest BCUT2D eigenvalue weighted by Gasteiger charge is 2.16. The van der Waals surface area contributed by atoms with Crippen molar-refractivity contribution in [3.8, 4) is 11.5 Å². The highest BCUT2D eigenvalue weighted by atomic mass is 16.6. The summed E-state index contributed by atoms with van der Waals surface area (Å²) in [5, 5.41) is 26.8. The first-order valence-electron chi connectivity index (χ1n) is 10.0. The topological polar surface area (TPSA) is 114 Å². The molecule has 0 aliphatic rings. The minimum Gasteiger partial charge on any atom is -0.507 e. The van der Waals surface area contributed by atoms with E-state index in [2.05, 4.69) is 28.7 Å². The zero-order valence-corrected chi connectivity index (χ0v) is 17.3. The third-order valence-corrected chi connectivity index (χ3v) is 4.95. The maximum Gasteiger partial charge on any atom is 0.275 e. The summed E-state index contributed by atoms with van der Waals surface area (Å²) in [5.74, 6) is -0.512. The molecule has 0 unspecified atom stereocenters. The van der Waals surface area contributed by atoms with Gasteiger partial charge in [-0.05, 0) is 40.1 Å². The number of aromatic hydroxyl groups is 1. The summed E-state index contributed by atoms with van der Waals surface area (Å²) >= 11 is 0. The fourth-order valence-corrected chi connectivity index (χ4v) is 3.31. The lowest BCUT2D eigenvalue weighted by Crippen LogP contribution is -2.18. The number of fused-ring (bicyclic) bond motifs is 1. The molecular weight excluding hydrogens is 422 g/mol. The number of nitrogens with one attached hydrogen (secondary N) is 1. The average Bonchev–Trinajstić information content (AvgIpc) is 2.83. The van der Waals surface area contributed by atoms with Gasteiger partial charge in [0.25, 0.3) is 11.6 Å². The lowest BCUT2D eigenvalue weighted by Gasteiger charge is -2.09. The lowest BCUT2D eigenvalue weighted by molar-refractivity contribution is -0.384. The molecule has 4 aromatic rings. The normalized spacial score (nSPS) is 10.9. The highest BCUT2D eigenvalue weighted by molar-refractivity contribution is 5.98. The van der Waals surface area contributed by atoms with E-state index >= 15 is 0 Å². The Morgan fingerprint density at radius 3 is 2.67 bits per heavy atom. The molecule has 0 saturated heterocycles. The maximum atomic E-state index is 12.2. The molecule has 0 aliphatic heterocycles. The molecule has 2 N–H and O–H groups in total. The summed E-state index contributed by atoms with van der Waals surface area (Å²) in [6, 6.07) is 24.5. The third-order valence-electron chi connectivity index (χ3n) is 4.95. The number of benzene rings is 4. The minimum atomic E-state index is -0.768. The fraction of sp³-hybridized carbons (Fsp3) is 0.0400. The number of nitro groups is 1.